The summed E-state index contributed by atoms with van der Waals surface area (Å²) in [6.07, 6.45) is -9.04. The standard InChI is InChI=1S/C11H11F3N2O5/c12-11(13,14)6-2-1-5(3-7(6)16(20)21)10(19)8(17)4-9(15)18/h1-3,8,10,17,19H,4H2,(H2,15,18). The largest absolute Gasteiger partial charge is 0.422 e. The Morgan fingerprint density at radius 3 is 2.38 bits per heavy atom. The van der Waals surface area contributed by atoms with Crippen LogP contribution in [0, 0.1) is 10.1 Å². The molecule has 116 valence electrons. The Labute approximate surface area is 115 Å². The van der Waals surface area contributed by atoms with Crippen LogP contribution in [0.5, 0.6) is 0 Å². The van der Waals surface area contributed by atoms with Crippen LogP contribution in [0.15, 0.2) is 18.2 Å². The zero-order valence-electron chi connectivity index (χ0n) is 10.4. The lowest BCUT2D eigenvalue weighted by atomic mass is 9.99. The van der Waals surface area contributed by atoms with Gasteiger partial charge in [0.25, 0.3) is 5.69 Å². The number of carbonyl (C=O) groups is 1. The van der Waals surface area contributed by atoms with E-state index in [1.54, 1.807) is 0 Å². The van der Waals surface area contributed by atoms with E-state index in [4.69, 9.17) is 5.73 Å². The van der Waals surface area contributed by atoms with E-state index < -0.39 is 46.9 Å². The monoisotopic (exact) mass is 308 g/mol. The van der Waals surface area contributed by atoms with Crippen molar-refractivity contribution in [3.8, 4) is 0 Å². The smallest absolute Gasteiger partial charge is 0.390 e. The fourth-order valence-electron chi connectivity index (χ4n) is 1.66. The van der Waals surface area contributed by atoms with Gasteiger partial charge in [0.1, 0.15) is 11.7 Å². The van der Waals surface area contributed by atoms with E-state index in [9.17, 15) is 38.3 Å². The Bertz CT molecular complexity index is 561. The summed E-state index contributed by atoms with van der Waals surface area (Å²) in [5.41, 5.74) is 1.73. The van der Waals surface area contributed by atoms with E-state index in [0.717, 1.165) is 6.07 Å². The molecule has 21 heavy (non-hydrogen) atoms. The molecular weight excluding hydrogens is 297 g/mol. The second-order valence-corrected chi connectivity index (χ2v) is 4.21. The Morgan fingerprint density at radius 2 is 1.95 bits per heavy atom. The molecule has 0 aromatic heterocycles. The SMILES string of the molecule is NC(=O)CC(O)C(O)c1ccc(C(F)(F)F)c([N+](=O)[O-])c1. The molecule has 0 aliphatic heterocycles. The number of aliphatic hydroxyl groups is 2. The highest BCUT2D eigenvalue weighted by atomic mass is 19.4. The number of hydrogen-bond donors (Lipinski definition) is 3. The van der Waals surface area contributed by atoms with Crippen molar-refractivity contribution in [3.63, 3.8) is 0 Å². The zero-order chi connectivity index (χ0) is 16.4. The van der Waals surface area contributed by atoms with Crippen molar-refractivity contribution in [2.24, 2.45) is 5.73 Å². The molecule has 0 radical (unpaired) electrons. The molecule has 0 heterocycles. The van der Waals surface area contributed by atoms with Crippen molar-refractivity contribution < 1.29 is 33.1 Å². The van der Waals surface area contributed by atoms with Crippen LogP contribution in [-0.2, 0) is 11.0 Å². The van der Waals surface area contributed by atoms with Crippen molar-refractivity contribution in [2.75, 3.05) is 0 Å². The predicted molar refractivity (Wildman–Crippen MR) is 62.9 cm³/mol. The minimum atomic E-state index is -4.93. The lowest BCUT2D eigenvalue weighted by Crippen LogP contribution is -2.25. The molecule has 0 fully saturated rings. The maximum Gasteiger partial charge on any atom is 0.422 e. The van der Waals surface area contributed by atoms with E-state index in [0.29, 0.717) is 12.1 Å². The fraction of sp³-hybridized carbons (Fsp3) is 0.364. The van der Waals surface area contributed by atoms with Gasteiger partial charge in [-0.25, -0.2) is 0 Å². The summed E-state index contributed by atoms with van der Waals surface area (Å²) in [6.45, 7) is 0. The summed E-state index contributed by atoms with van der Waals surface area (Å²) >= 11 is 0. The van der Waals surface area contributed by atoms with Crippen LogP contribution in [0.2, 0.25) is 0 Å². The van der Waals surface area contributed by atoms with Crippen molar-refractivity contribution in [1.82, 2.24) is 0 Å². The third-order valence-corrected chi connectivity index (χ3v) is 2.64. The maximum absolute atomic E-state index is 12.6. The summed E-state index contributed by atoms with van der Waals surface area (Å²) in [5.74, 6) is -0.942. The number of nitrogens with two attached hydrogens (primary N) is 1. The van der Waals surface area contributed by atoms with E-state index in [1.165, 1.54) is 0 Å². The average Bonchev–Trinajstić information content (AvgIpc) is 2.35. The van der Waals surface area contributed by atoms with Crippen molar-refractivity contribution in [1.29, 1.82) is 0 Å². The Hall–Kier alpha value is -2.20. The van der Waals surface area contributed by atoms with E-state index in [2.05, 4.69) is 0 Å². The first-order valence-electron chi connectivity index (χ1n) is 5.54. The minimum Gasteiger partial charge on any atom is -0.390 e. The number of nitrogens with zero attached hydrogens (tertiary/aromatic N) is 1. The number of primary amides is 1. The number of aliphatic hydroxyl groups excluding tert-OH is 2. The lowest BCUT2D eigenvalue weighted by Gasteiger charge is -2.17. The molecule has 1 aromatic rings. The number of hydrogen-bond acceptors (Lipinski definition) is 5. The van der Waals surface area contributed by atoms with Gasteiger partial charge in [0, 0.05) is 6.07 Å². The number of carbonyl (C=O) groups excluding carboxylic acids is 1. The molecule has 0 saturated carbocycles. The zero-order valence-corrected chi connectivity index (χ0v) is 10.4. The summed E-state index contributed by atoms with van der Waals surface area (Å²) in [5, 5.41) is 29.8. The molecule has 1 amide bonds. The first-order chi connectivity index (χ1) is 9.54. The van der Waals surface area contributed by atoms with Crippen LogP contribution in [0.25, 0.3) is 0 Å². The van der Waals surface area contributed by atoms with Crippen LogP contribution in [0.1, 0.15) is 23.7 Å². The number of nitro groups is 1. The van der Waals surface area contributed by atoms with Crippen molar-refractivity contribution in [3.05, 3.63) is 39.4 Å². The van der Waals surface area contributed by atoms with E-state index >= 15 is 0 Å². The van der Waals surface area contributed by atoms with Crippen LogP contribution < -0.4 is 5.73 Å². The number of amides is 1. The topological polar surface area (TPSA) is 127 Å². The molecule has 0 aliphatic rings. The third-order valence-electron chi connectivity index (χ3n) is 2.64. The van der Waals surface area contributed by atoms with Gasteiger partial charge in [-0.15, -0.1) is 0 Å². The molecule has 1 rings (SSSR count). The van der Waals surface area contributed by atoms with E-state index in [1.807, 2.05) is 0 Å². The Morgan fingerprint density at radius 1 is 1.38 bits per heavy atom. The van der Waals surface area contributed by atoms with Crippen LogP contribution in [0.3, 0.4) is 0 Å². The van der Waals surface area contributed by atoms with Gasteiger partial charge in [0.15, 0.2) is 0 Å². The molecule has 1 aromatic carbocycles. The van der Waals surface area contributed by atoms with Gasteiger partial charge >= 0.3 is 6.18 Å². The number of rotatable bonds is 5. The van der Waals surface area contributed by atoms with E-state index in [-0.39, 0.29) is 5.56 Å². The summed E-state index contributed by atoms with van der Waals surface area (Å²) in [7, 11) is 0. The highest BCUT2D eigenvalue weighted by Gasteiger charge is 2.38. The van der Waals surface area contributed by atoms with Gasteiger partial charge in [-0.2, -0.15) is 13.2 Å². The summed E-state index contributed by atoms with van der Waals surface area (Å²) in [6, 6.07) is 1.70. The van der Waals surface area contributed by atoms with Gasteiger partial charge in [-0.05, 0) is 11.6 Å². The summed E-state index contributed by atoms with van der Waals surface area (Å²) in [4.78, 5) is 20.0. The van der Waals surface area contributed by atoms with Gasteiger partial charge in [0.2, 0.25) is 5.91 Å². The van der Waals surface area contributed by atoms with Crippen LogP contribution in [-0.4, -0.2) is 27.1 Å². The highest BCUT2D eigenvalue weighted by molar-refractivity contribution is 5.74. The van der Waals surface area contributed by atoms with Gasteiger partial charge in [-0.3, -0.25) is 14.9 Å². The van der Waals surface area contributed by atoms with Gasteiger partial charge in [0.05, 0.1) is 17.4 Å². The number of nitro benzene ring substituents is 1. The first kappa shape index (κ1) is 16.9. The Balaban J connectivity index is 3.20. The van der Waals surface area contributed by atoms with Gasteiger partial charge in [-0.1, -0.05) is 6.07 Å². The molecule has 0 bridgehead atoms. The number of alkyl halides is 3. The molecule has 0 saturated heterocycles. The van der Waals surface area contributed by atoms with Crippen molar-refractivity contribution in [2.45, 2.75) is 24.8 Å². The number of benzene rings is 1. The molecule has 10 heteroatoms. The lowest BCUT2D eigenvalue weighted by molar-refractivity contribution is -0.388. The minimum absolute atomic E-state index is 0.330. The van der Waals surface area contributed by atoms with Crippen LogP contribution >= 0.6 is 0 Å². The molecule has 4 N–H and O–H groups in total. The Kier molecular flexibility index (Phi) is 4.86. The quantitative estimate of drug-likeness (QED) is 0.550. The molecule has 2 unspecified atom stereocenters. The van der Waals surface area contributed by atoms with Gasteiger partial charge < -0.3 is 15.9 Å². The molecule has 7 nitrogen and oxygen atoms in total. The predicted octanol–water partition coefficient (Wildman–Crippen LogP) is 0.883. The maximum atomic E-state index is 12.6. The molecule has 0 aliphatic carbocycles. The number of halogens is 3. The first-order valence-corrected chi connectivity index (χ1v) is 5.54. The molecular formula is C11H11F3N2O5. The molecule has 2 atom stereocenters. The average molecular weight is 308 g/mol. The second-order valence-electron chi connectivity index (χ2n) is 4.21. The fourth-order valence-corrected chi connectivity index (χ4v) is 1.66. The second kappa shape index (κ2) is 6.06. The van der Waals surface area contributed by atoms with Crippen LogP contribution in [0.4, 0.5) is 18.9 Å². The summed E-state index contributed by atoms with van der Waals surface area (Å²) < 4.78 is 37.8. The third kappa shape index (κ3) is 4.13. The highest BCUT2D eigenvalue weighted by Crippen LogP contribution is 2.37. The normalized spacial score (nSPS) is 14.5. The van der Waals surface area contributed by atoms with Crippen molar-refractivity contribution >= 4 is 11.6 Å². The molecule has 0 spiro atoms.